The maximum atomic E-state index is 5.46. The van der Waals surface area contributed by atoms with Crippen LogP contribution in [0.15, 0.2) is 34.9 Å². The van der Waals surface area contributed by atoms with Crippen LogP contribution in [0, 0.1) is 5.92 Å². The summed E-state index contributed by atoms with van der Waals surface area (Å²) in [6, 6.07) is 0. The van der Waals surface area contributed by atoms with Crippen molar-refractivity contribution in [3.05, 3.63) is 34.9 Å². The lowest BCUT2D eigenvalue weighted by atomic mass is 10.1. The van der Waals surface area contributed by atoms with E-state index in [9.17, 15) is 0 Å². The van der Waals surface area contributed by atoms with Gasteiger partial charge in [0, 0.05) is 11.1 Å². The summed E-state index contributed by atoms with van der Waals surface area (Å²) in [7, 11) is 0. The summed E-state index contributed by atoms with van der Waals surface area (Å²) < 4.78 is 0. The lowest BCUT2D eigenvalue weighted by Gasteiger charge is -2.03. The van der Waals surface area contributed by atoms with Crippen molar-refractivity contribution in [2.24, 2.45) is 16.8 Å². The van der Waals surface area contributed by atoms with Crippen molar-refractivity contribution in [3.63, 3.8) is 0 Å². The predicted octanol–water partition coefficient (Wildman–Crippen LogP) is 2.55. The highest BCUT2D eigenvalue weighted by Gasteiger charge is 1.98. The molecule has 2 nitrogen and oxygen atoms in total. The second kappa shape index (κ2) is 6.80. The number of hydrogen-bond donors (Lipinski definition) is 2. The van der Waals surface area contributed by atoms with Crippen molar-refractivity contribution in [3.8, 4) is 0 Å². The first-order valence-electron chi connectivity index (χ1n) is 4.29. The molecule has 0 aromatic carbocycles. The first kappa shape index (κ1) is 12.3. The fraction of sp³-hybridized carbons (Fsp3) is 0.400. The van der Waals surface area contributed by atoms with Crippen LogP contribution in [0.25, 0.3) is 0 Å². The third-order valence-electron chi connectivity index (χ3n) is 1.53. The molecular formula is C10H18N2S. The summed E-state index contributed by atoms with van der Waals surface area (Å²) >= 11 is 1.17. The second-order valence-electron chi connectivity index (χ2n) is 3.00. The third-order valence-corrected chi connectivity index (χ3v) is 2.16. The molecule has 74 valence electrons. The van der Waals surface area contributed by atoms with Crippen molar-refractivity contribution >= 4 is 11.9 Å². The maximum absolute atomic E-state index is 5.46. The predicted molar refractivity (Wildman–Crippen MR) is 61.8 cm³/mol. The van der Waals surface area contributed by atoms with E-state index in [0.29, 0.717) is 5.92 Å². The summed E-state index contributed by atoms with van der Waals surface area (Å²) in [6.07, 6.45) is 7.69. The van der Waals surface area contributed by atoms with Gasteiger partial charge in [0.2, 0.25) is 0 Å². The maximum Gasteiger partial charge on any atom is 0.0449 e. The van der Waals surface area contributed by atoms with Crippen LogP contribution in [0.1, 0.15) is 20.8 Å². The molecule has 13 heavy (non-hydrogen) atoms. The molecule has 3 heteroatoms. The van der Waals surface area contributed by atoms with E-state index >= 15 is 0 Å². The molecule has 0 saturated heterocycles. The molecule has 0 aliphatic rings. The topological polar surface area (TPSA) is 52.0 Å². The van der Waals surface area contributed by atoms with E-state index in [-0.39, 0.29) is 0 Å². The molecule has 0 atom stereocenters. The van der Waals surface area contributed by atoms with Crippen LogP contribution in [0.3, 0.4) is 0 Å². The van der Waals surface area contributed by atoms with Gasteiger partial charge in [0.15, 0.2) is 0 Å². The number of allylic oxidation sites excluding steroid dienone is 4. The van der Waals surface area contributed by atoms with Gasteiger partial charge in [-0.15, -0.1) is 0 Å². The Hall–Kier alpha value is -0.670. The van der Waals surface area contributed by atoms with E-state index in [1.165, 1.54) is 18.1 Å². The third kappa shape index (κ3) is 4.80. The van der Waals surface area contributed by atoms with Gasteiger partial charge < -0.3 is 5.73 Å². The van der Waals surface area contributed by atoms with E-state index < -0.39 is 0 Å². The van der Waals surface area contributed by atoms with E-state index in [1.807, 2.05) is 19.1 Å². The first-order valence-corrected chi connectivity index (χ1v) is 5.17. The highest BCUT2D eigenvalue weighted by molar-refractivity contribution is 8.01. The lowest BCUT2D eigenvalue weighted by Crippen LogP contribution is -1.92. The summed E-state index contributed by atoms with van der Waals surface area (Å²) in [5.74, 6) is 0.539. The molecule has 0 bridgehead atoms. The zero-order valence-electron chi connectivity index (χ0n) is 8.45. The normalized spacial score (nSPS) is 14.5. The first-order chi connectivity index (χ1) is 6.15. The molecule has 0 heterocycles. The Balaban J connectivity index is 4.54. The Morgan fingerprint density at radius 1 is 1.38 bits per heavy atom. The zero-order chi connectivity index (χ0) is 10.3. The fourth-order valence-corrected chi connectivity index (χ4v) is 1.22. The Morgan fingerprint density at radius 2 is 2.00 bits per heavy atom. The van der Waals surface area contributed by atoms with Crippen molar-refractivity contribution in [2.75, 3.05) is 0 Å². The minimum absolute atomic E-state index is 0.539. The van der Waals surface area contributed by atoms with Gasteiger partial charge >= 0.3 is 0 Å². The van der Waals surface area contributed by atoms with Gasteiger partial charge in [-0.25, -0.2) is 0 Å². The molecule has 0 radical (unpaired) electrons. The van der Waals surface area contributed by atoms with Gasteiger partial charge in [-0.05, 0) is 30.4 Å². The molecule has 0 rings (SSSR count). The minimum atomic E-state index is 0.539. The van der Waals surface area contributed by atoms with Crippen molar-refractivity contribution < 1.29 is 0 Å². The number of rotatable bonds is 4. The highest BCUT2D eigenvalue weighted by Crippen LogP contribution is 2.19. The summed E-state index contributed by atoms with van der Waals surface area (Å²) in [5, 5.41) is 5.46. The van der Waals surface area contributed by atoms with Gasteiger partial charge in [-0.3, -0.25) is 5.14 Å². The van der Waals surface area contributed by atoms with E-state index in [0.717, 1.165) is 10.5 Å². The van der Waals surface area contributed by atoms with Crippen LogP contribution in [-0.2, 0) is 0 Å². The minimum Gasteiger partial charge on any atom is -0.404 e. The Bertz CT molecular complexity index is 227. The standard InChI is InChI=1S/C10H18N2S/c1-4-9(6-5-8(2)3)10(7-11)13-12/h4-8H,11-12H2,1-3H3/b6-5-,9-4+,10-7-. The lowest BCUT2D eigenvalue weighted by molar-refractivity contribution is 0.831. The van der Waals surface area contributed by atoms with Gasteiger partial charge in [-0.2, -0.15) is 0 Å². The highest BCUT2D eigenvalue weighted by atomic mass is 32.2. The monoisotopic (exact) mass is 198 g/mol. The van der Waals surface area contributed by atoms with Crippen LogP contribution in [0.2, 0.25) is 0 Å². The number of nitrogens with two attached hydrogens (primary N) is 2. The summed E-state index contributed by atoms with van der Waals surface area (Å²) in [4.78, 5) is 0.902. The van der Waals surface area contributed by atoms with Crippen LogP contribution < -0.4 is 10.9 Å². The van der Waals surface area contributed by atoms with Gasteiger partial charge in [0.05, 0.1) is 0 Å². The van der Waals surface area contributed by atoms with E-state index in [4.69, 9.17) is 10.9 Å². The van der Waals surface area contributed by atoms with Crippen LogP contribution >= 0.6 is 11.9 Å². The SMILES string of the molecule is C/C=C(\C=C/C(C)C)C(=C/N)/SN. The molecule has 0 saturated carbocycles. The van der Waals surface area contributed by atoms with E-state index in [1.54, 1.807) is 0 Å². The molecule has 0 amide bonds. The molecular weight excluding hydrogens is 180 g/mol. The Kier molecular flexibility index (Phi) is 6.45. The molecule has 0 fully saturated rings. The van der Waals surface area contributed by atoms with Gasteiger partial charge in [-0.1, -0.05) is 32.1 Å². The average molecular weight is 198 g/mol. The number of hydrogen-bond acceptors (Lipinski definition) is 3. The second-order valence-corrected chi connectivity index (χ2v) is 3.67. The van der Waals surface area contributed by atoms with Crippen molar-refractivity contribution in [1.82, 2.24) is 0 Å². The summed E-state index contributed by atoms with van der Waals surface area (Å²) in [5.41, 5.74) is 6.50. The van der Waals surface area contributed by atoms with Crippen molar-refractivity contribution in [2.45, 2.75) is 20.8 Å². The molecule has 0 unspecified atom stereocenters. The fourth-order valence-electron chi connectivity index (χ4n) is 0.820. The van der Waals surface area contributed by atoms with E-state index in [2.05, 4.69) is 19.9 Å². The quantitative estimate of drug-likeness (QED) is 0.539. The molecule has 0 aromatic heterocycles. The largest absolute Gasteiger partial charge is 0.404 e. The van der Waals surface area contributed by atoms with Gasteiger partial charge in [0.25, 0.3) is 0 Å². The van der Waals surface area contributed by atoms with Crippen LogP contribution in [0.5, 0.6) is 0 Å². The molecule has 4 N–H and O–H groups in total. The van der Waals surface area contributed by atoms with Crippen molar-refractivity contribution in [1.29, 1.82) is 0 Å². The Morgan fingerprint density at radius 3 is 2.31 bits per heavy atom. The Labute approximate surface area is 84.9 Å². The molecule has 0 aliphatic carbocycles. The average Bonchev–Trinajstić information content (AvgIpc) is 2.11. The molecule has 0 spiro atoms. The summed E-state index contributed by atoms with van der Waals surface area (Å²) in [6.45, 7) is 6.23. The van der Waals surface area contributed by atoms with Crippen LogP contribution in [-0.4, -0.2) is 0 Å². The zero-order valence-corrected chi connectivity index (χ0v) is 9.27. The van der Waals surface area contributed by atoms with Gasteiger partial charge in [0.1, 0.15) is 0 Å². The van der Waals surface area contributed by atoms with Crippen LogP contribution in [0.4, 0.5) is 0 Å². The molecule has 0 aliphatic heterocycles. The molecule has 0 aromatic rings. The smallest absolute Gasteiger partial charge is 0.0449 e.